The average Bonchev–Trinajstić information content (AvgIpc) is 3.07. The van der Waals surface area contributed by atoms with Crippen LogP contribution in [0.2, 0.25) is 0 Å². The lowest BCUT2D eigenvalue weighted by Crippen LogP contribution is -2.32. The predicted molar refractivity (Wildman–Crippen MR) is 90.6 cm³/mol. The fourth-order valence-electron chi connectivity index (χ4n) is 3.09. The van der Waals surface area contributed by atoms with Gasteiger partial charge in [-0.2, -0.15) is 5.10 Å². The average molecular weight is 326 g/mol. The van der Waals surface area contributed by atoms with Crippen LogP contribution in [0, 0.1) is 13.8 Å². The number of benzene rings is 1. The number of aryl methyl sites for hydroxylation is 2. The van der Waals surface area contributed by atoms with Gasteiger partial charge in [0.15, 0.2) is 0 Å². The fraction of sp³-hybridized carbons (Fsp3) is 0.389. The third kappa shape index (κ3) is 3.32. The Morgan fingerprint density at radius 3 is 2.83 bits per heavy atom. The van der Waals surface area contributed by atoms with Crippen molar-refractivity contribution in [2.75, 3.05) is 13.1 Å². The van der Waals surface area contributed by atoms with Crippen molar-refractivity contribution in [1.29, 1.82) is 0 Å². The van der Waals surface area contributed by atoms with E-state index in [1.54, 1.807) is 4.90 Å². The molecule has 0 radical (unpaired) electrons. The molecular formula is C18H22N4O2. The van der Waals surface area contributed by atoms with Crippen LogP contribution in [0.1, 0.15) is 39.3 Å². The van der Waals surface area contributed by atoms with Crippen LogP contribution in [0.15, 0.2) is 24.3 Å². The summed E-state index contributed by atoms with van der Waals surface area (Å²) in [6, 6.07) is 7.60. The number of rotatable bonds is 6. The van der Waals surface area contributed by atoms with Gasteiger partial charge in [0.2, 0.25) is 5.91 Å². The molecule has 3 rings (SSSR count). The van der Waals surface area contributed by atoms with E-state index in [9.17, 15) is 9.59 Å². The third-order valence-electron chi connectivity index (χ3n) is 4.48. The van der Waals surface area contributed by atoms with E-state index >= 15 is 0 Å². The first-order valence-corrected chi connectivity index (χ1v) is 8.20. The molecule has 6 heteroatoms. The van der Waals surface area contributed by atoms with E-state index in [1.807, 2.05) is 38.1 Å². The molecule has 0 bridgehead atoms. The molecule has 0 saturated carbocycles. The van der Waals surface area contributed by atoms with Gasteiger partial charge in [-0.3, -0.25) is 14.7 Å². The van der Waals surface area contributed by atoms with Crippen molar-refractivity contribution in [3.05, 3.63) is 52.3 Å². The highest BCUT2D eigenvalue weighted by atomic mass is 16.2. The molecule has 0 aliphatic carbocycles. The molecule has 0 atom stereocenters. The lowest BCUT2D eigenvalue weighted by Gasteiger charge is -2.15. The summed E-state index contributed by atoms with van der Waals surface area (Å²) in [6.07, 6.45) is 1.08. The van der Waals surface area contributed by atoms with Gasteiger partial charge in [-0.15, -0.1) is 0 Å². The molecule has 0 saturated heterocycles. The molecule has 1 aliphatic heterocycles. The Bertz CT molecular complexity index is 747. The minimum atomic E-state index is -0.0300. The topological polar surface area (TPSA) is 78.1 Å². The van der Waals surface area contributed by atoms with Crippen molar-refractivity contribution < 1.29 is 9.59 Å². The normalized spacial score (nSPS) is 13.2. The molecule has 2 heterocycles. The minimum Gasteiger partial charge on any atom is -0.356 e. The van der Waals surface area contributed by atoms with Gasteiger partial charge in [0.25, 0.3) is 5.91 Å². The van der Waals surface area contributed by atoms with Gasteiger partial charge in [0.05, 0.1) is 5.69 Å². The monoisotopic (exact) mass is 326 g/mol. The molecular weight excluding hydrogens is 304 g/mol. The zero-order valence-corrected chi connectivity index (χ0v) is 14.1. The number of H-pyrrole nitrogens is 1. The van der Waals surface area contributed by atoms with Crippen molar-refractivity contribution in [2.24, 2.45) is 0 Å². The number of fused-ring (bicyclic) bond motifs is 1. The van der Waals surface area contributed by atoms with Crippen LogP contribution in [-0.2, 0) is 17.8 Å². The lowest BCUT2D eigenvalue weighted by molar-refractivity contribution is -0.121. The molecule has 2 aromatic rings. The van der Waals surface area contributed by atoms with Crippen molar-refractivity contribution in [3.63, 3.8) is 0 Å². The zero-order valence-electron chi connectivity index (χ0n) is 14.1. The molecule has 0 unspecified atom stereocenters. The Balaban J connectivity index is 1.43. The van der Waals surface area contributed by atoms with Gasteiger partial charge in [-0.25, -0.2) is 0 Å². The summed E-state index contributed by atoms with van der Waals surface area (Å²) in [5.74, 6) is -0.0133. The Morgan fingerprint density at radius 1 is 1.33 bits per heavy atom. The Kier molecular flexibility index (Phi) is 4.64. The fourth-order valence-corrected chi connectivity index (χ4v) is 3.09. The standard InChI is InChI=1S/C18H22N4O2/c1-12-15(13(2)21-20-12)7-9-19-17(23)8-10-22-11-14-5-3-4-6-16(14)18(22)24/h3-6H,7-11H2,1-2H3,(H,19,23)(H,20,21). The third-order valence-corrected chi connectivity index (χ3v) is 4.48. The number of nitrogens with one attached hydrogen (secondary N) is 2. The molecule has 1 aromatic carbocycles. The zero-order chi connectivity index (χ0) is 17.1. The summed E-state index contributed by atoms with van der Waals surface area (Å²) >= 11 is 0. The molecule has 2 N–H and O–H groups in total. The van der Waals surface area contributed by atoms with Gasteiger partial charge in [-0.05, 0) is 37.5 Å². The van der Waals surface area contributed by atoms with Crippen LogP contribution in [0.4, 0.5) is 0 Å². The minimum absolute atomic E-state index is 0.0167. The number of aromatic amines is 1. The Labute approximate surface area is 141 Å². The van der Waals surface area contributed by atoms with Crippen LogP contribution in [0.25, 0.3) is 0 Å². The van der Waals surface area contributed by atoms with E-state index in [0.717, 1.165) is 34.5 Å². The number of nitrogens with zero attached hydrogens (tertiary/aromatic N) is 2. The summed E-state index contributed by atoms with van der Waals surface area (Å²) in [6.45, 7) is 5.55. The molecule has 0 fully saturated rings. The van der Waals surface area contributed by atoms with Crippen molar-refractivity contribution in [2.45, 2.75) is 33.2 Å². The second kappa shape index (κ2) is 6.86. The SMILES string of the molecule is Cc1n[nH]c(C)c1CCNC(=O)CCN1Cc2ccccc2C1=O. The van der Waals surface area contributed by atoms with Crippen LogP contribution in [0.5, 0.6) is 0 Å². The summed E-state index contributed by atoms with van der Waals surface area (Å²) in [5.41, 5.74) is 4.96. The summed E-state index contributed by atoms with van der Waals surface area (Å²) in [5, 5.41) is 10.0. The molecule has 0 spiro atoms. The summed E-state index contributed by atoms with van der Waals surface area (Å²) in [7, 11) is 0. The van der Waals surface area contributed by atoms with Crippen molar-refractivity contribution in [1.82, 2.24) is 20.4 Å². The quantitative estimate of drug-likeness (QED) is 0.848. The molecule has 6 nitrogen and oxygen atoms in total. The highest BCUT2D eigenvalue weighted by Crippen LogP contribution is 2.22. The molecule has 1 aromatic heterocycles. The molecule has 2 amide bonds. The van der Waals surface area contributed by atoms with E-state index in [1.165, 1.54) is 0 Å². The first kappa shape index (κ1) is 16.2. The maximum absolute atomic E-state index is 12.2. The number of hydrogen-bond donors (Lipinski definition) is 2. The Morgan fingerprint density at radius 2 is 2.12 bits per heavy atom. The van der Waals surface area contributed by atoms with Gasteiger partial charge < -0.3 is 10.2 Å². The number of carbonyl (C=O) groups is 2. The van der Waals surface area contributed by atoms with Crippen molar-refractivity contribution >= 4 is 11.8 Å². The van der Waals surface area contributed by atoms with Crippen LogP contribution >= 0.6 is 0 Å². The van der Waals surface area contributed by atoms with E-state index < -0.39 is 0 Å². The van der Waals surface area contributed by atoms with Gasteiger partial charge in [0, 0.05) is 37.3 Å². The number of carbonyl (C=O) groups excluding carboxylic acids is 2. The molecule has 126 valence electrons. The highest BCUT2D eigenvalue weighted by Gasteiger charge is 2.26. The van der Waals surface area contributed by atoms with Gasteiger partial charge >= 0.3 is 0 Å². The largest absolute Gasteiger partial charge is 0.356 e. The van der Waals surface area contributed by atoms with Crippen LogP contribution in [-0.4, -0.2) is 40.0 Å². The van der Waals surface area contributed by atoms with Gasteiger partial charge in [0.1, 0.15) is 0 Å². The second-order valence-corrected chi connectivity index (χ2v) is 6.15. The first-order chi connectivity index (χ1) is 11.6. The summed E-state index contributed by atoms with van der Waals surface area (Å²) in [4.78, 5) is 26.0. The maximum Gasteiger partial charge on any atom is 0.254 e. The predicted octanol–water partition coefficient (Wildman–Crippen LogP) is 1.73. The second-order valence-electron chi connectivity index (χ2n) is 6.15. The number of hydrogen-bond acceptors (Lipinski definition) is 3. The van der Waals surface area contributed by atoms with Crippen LogP contribution < -0.4 is 5.32 Å². The first-order valence-electron chi connectivity index (χ1n) is 8.20. The van der Waals surface area contributed by atoms with E-state index in [0.29, 0.717) is 26.1 Å². The molecule has 1 aliphatic rings. The molecule has 24 heavy (non-hydrogen) atoms. The highest BCUT2D eigenvalue weighted by molar-refractivity contribution is 5.98. The smallest absolute Gasteiger partial charge is 0.254 e. The summed E-state index contributed by atoms with van der Waals surface area (Å²) < 4.78 is 0. The van der Waals surface area contributed by atoms with E-state index in [2.05, 4.69) is 15.5 Å². The number of amides is 2. The van der Waals surface area contributed by atoms with E-state index in [4.69, 9.17) is 0 Å². The van der Waals surface area contributed by atoms with Gasteiger partial charge in [-0.1, -0.05) is 18.2 Å². The Hall–Kier alpha value is -2.63. The van der Waals surface area contributed by atoms with Crippen molar-refractivity contribution in [3.8, 4) is 0 Å². The maximum atomic E-state index is 12.2. The number of aromatic nitrogens is 2. The van der Waals surface area contributed by atoms with Crippen LogP contribution in [0.3, 0.4) is 0 Å². The lowest BCUT2D eigenvalue weighted by atomic mass is 10.1. The van der Waals surface area contributed by atoms with E-state index in [-0.39, 0.29) is 11.8 Å².